The summed E-state index contributed by atoms with van der Waals surface area (Å²) in [5, 5.41) is 4.15. The number of anilines is 1. The molecule has 1 aliphatic heterocycles. The van der Waals surface area contributed by atoms with Crippen molar-refractivity contribution in [2.24, 2.45) is 0 Å². The van der Waals surface area contributed by atoms with Crippen LogP contribution < -0.4 is 10.2 Å². The molecular weight excluding hydrogens is 482 g/mol. The Labute approximate surface area is 201 Å². The summed E-state index contributed by atoms with van der Waals surface area (Å²) >= 11 is 9.30. The number of hydrogen-bond acceptors (Lipinski definition) is 3. The molecule has 5 rings (SSSR count). The van der Waals surface area contributed by atoms with Gasteiger partial charge in [-0.2, -0.15) is 0 Å². The molecule has 0 bridgehead atoms. The lowest BCUT2D eigenvalue weighted by atomic mass is 10.0. The lowest BCUT2D eigenvalue weighted by Gasteiger charge is -2.26. The zero-order valence-electron chi connectivity index (χ0n) is 17.7. The Balaban J connectivity index is 1.60. The zero-order chi connectivity index (χ0) is 22.2. The molecular formula is C26H22BrN3OS. The number of aromatic nitrogens is 1. The molecule has 0 saturated carbocycles. The third-order valence-corrected chi connectivity index (χ3v) is 6.76. The van der Waals surface area contributed by atoms with Crippen molar-refractivity contribution < 1.29 is 4.42 Å². The molecule has 2 aromatic carbocycles. The summed E-state index contributed by atoms with van der Waals surface area (Å²) in [6.07, 6.45) is 1.81. The Morgan fingerprint density at radius 1 is 0.969 bits per heavy atom. The molecule has 160 valence electrons. The Hall–Kier alpha value is -2.96. The van der Waals surface area contributed by atoms with Crippen LogP contribution in [-0.2, 0) is 0 Å². The number of nitrogens with zero attached hydrogens (tertiary/aromatic N) is 2. The first kappa shape index (κ1) is 20.9. The monoisotopic (exact) mass is 503 g/mol. The number of halogens is 1. The van der Waals surface area contributed by atoms with Crippen molar-refractivity contribution in [3.05, 3.63) is 106 Å². The maximum atomic E-state index is 6.41. The van der Waals surface area contributed by atoms with Gasteiger partial charge in [0.1, 0.15) is 17.6 Å². The van der Waals surface area contributed by atoms with Gasteiger partial charge in [0, 0.05) is 21.9 Å². The van der Waals surface area contributed by atoms with E-state index in [1.54, 1.807) is 0 Å². The number of rotatable bonds is 4. The van der Waals surface area contributed by atoms with E-state index < -0.39 is 0 Å². The van der Waals surface area contributed by atoms with E-state index in [1.807, 2.05) is 60.8 Å². The normalized spacial score (nSPS) is 18.1. The van der Waals surface area contributed by atoms with Crippen molar-refractivity contribution in [2.45, 2.75) is 25.9 Å². The van der Waals surface area contributed by atoms with E-state index in [1.165, 1.54) is 11.1 Å². The molecule has 2 atom stereocenters. The van der Waals surface area contributed by atoms with Gasteiger partial charge in [-0.1, -0.05) is 40.2 Å². The van der Waals surface area contributed by atoms with Gasteiger partial charge >= 0.3 is 0 Å². The largest absolute Gasteiger partial charge is 0.459 e. The number of benzene rings is 2. The third kappa shape index (κ3) is 3.85. The molecule has 0 radical (unpaired) electrons. The first-order chi connectivity index (χ1) is 15.5. The molecule has 6 heteroatoms. The number of hydrogen-bond donors (Lipinski definition) is 1. The van der Waals surface area contributed by atoms with Crippen molar-refractivity contribution >= 4 is 38.9 Å². The summed E-state index contributed by atoms with van der Waals surface area (Å²) < 4.78 is 7.45. The van der Waals surface area contributed by atoms with Gasteiger partial charge in [0.05, 0.1) is 11.7 Å². The predicted molar refractivity (Wildman–Crippen MR) is 136 cm³/mol. The predicted octanol–water partition coefficient (Wildman–Crippen LogP) is 6.90. The van der Waals surface area contributed by atoms with Gasteiger partial charge in [-0.25, -0.2) is 0 Å². The van der Waals surface area contributed by atoms with E-state index in [0.717, 1.165) is 32.9 Å². The Morgan fingerprint density at radius 2 is 1.78 bits per heavy atom. The van der Waals surface area contributed by atoms with Crippen LogP contribution >= 0.6 is 28.1 Å². The highest BCUT2D eigenvalue weighted by Gasteiger charge is 2.42. The highest BCUT2D eigenvalue weighted by atomic mass is 79.9. The number of nitrogens with one attached hydrogen (secondary N) is 1. The summed E-state index contributed by atoms with van der Waals surface area (Å²) in [4.78, 5) is 6.75. The fourth-order valence-electron chi connectivity index (χ4n) is 4.08. The van der Waals surface area contributed by atoms with Gasteiger partial charge < -0.3 is 14.6 Å². The van der Waals surface area contributed by atoms with Gasteiger partial charge in [0.25, 0.3) is 0 Å². The van der Waals surface area contributed by atoms with Crippen LogP contribution in [0.1, 0.15) is 34.7 Å². The van der Waals surface area contributed by atoms with Crippen LogP contribution in [0.3, 0.4) is 0 Å². The Bertz CT molecular complexity index is 1270. The van der Waals surface area contributed by atoms with Crippen LogP contribution in [-0.4, -0.2) is 10.1 Å². The summed E-state index contributed by atoms with van der Waals surface area (Å²) in [7, 11) is 0. The van der Waals surface area contributed by atoms with Crippen LogP contribution in [0.2, 0.25) is 0 Å². The minimum absolute atomic E-state index is 0.130. The summed E-state index contributed by atoms with van der Waals surface area (Å²) in [6, 6.07) is 24.3. The molecule has 1 aliphatic rings. The second-order valence-corrected chi connectivity index (χ2v) is 9.28. The van der Waals surface area contributed by atoms with Gasteiger partial charge in [0.2, 0.25) is 0 Å². The molecule has 4 nitrogen and oxygen atoms in total. The highest BCUT2D eigenvalue weighted by molar-refractivity contribution is 9.10. The molecule has 3 heterocycles. The number of furan rings is 1. The number of thiocarbonyl (C=S) groups is 1. The average Bonchev–Trinajstić information content (AvgIpc) is 3.41. The smallest absolute Gasteiger partial charge is 0.174 e. The summed E-state index contributed by atoms with van der Waals surface area (Å²) in [6.45, 7) is 4.24. The third-order valence-electron chi connectivity index (χ3n) is 5.91. The second kappa shape index (κ2) is 8.52. The van der Waals surface area contributed by atoms with Gasteiger partial charge in [-0.05, 0) is 85.7 Å². The molecule has 4 aromatic rings. The number of pyridine rings is 1. The maximum Gasteiger partial charge on any atom is 0.174 e. The SMILES string of the molecule is Cc1ccc(N2C(=S)N[C@@H](c3ccccn3)[C@H]2c2ccc(-c3ccc(Br)cc3)o2)cc1C. The van der Waals surface area contributed by atoms with E-state index in [4.69, 9.17) is 16.6 Å². The van der Waals surface area contributed by atoms with Crippen LogP contribution in [0.5, 0.6) is 0 Å². The molecule has 0 unspecified atom stereocenters. The van der Waals surface area contributed by atoms with E-state index in [2.05, 4.69) is 63.2 Å². The van der Waals surface area contributed by atoms with Gasteiger partial charge in [-0.3, -0.25) is 4.98 Å². The molecule has 1 saturated heterocycles. The highest BCUT2D eigenvalue weighted by Crippen LogP contribution is 2.43. The van der Waals surface area contributed by atoms with E-state index in [-0.39, 0.29) is 12.1 Å². The summed E-state index contributed by atoms with van der Waals surface area (Å²) in [5.41, 5.74) is 5.46. The van der Waals surface area contributed by atoms with Crippen LogP contribution in [0, 0.1) is 13.8 Å². The first-order valence-electron chi connectivity index (χ1n) is 10.4. The van der Waals surface area contributed by atoms with Crippen LogP contribution in [0.25, 0.3) is 11.3 Å². The standard InChI is InChI=1S/C26H22BrN3OS/c1-16-6-11-20(15-17(16)2)30-25(24(29-26(30)32)21-5-3-4-14-28-21)23-13-12-22(31-23)18-7-9-19(27)10-8-18/h3-15,24-25H,1-2H3,(H,29,32)/t24-,25+/m0/s1. The lowest BCUT2D eigenvalue weighted by molar-refractivity contribution is 0.439. The molecule has 1 fully saturated rings. The van der Waals surface area contributed by atoms with E-state index in [0.29, 0.717) is 5.11 Å². The molecule has 0 amide bonds. The van der Waals surface area contributed by atoms with Crippen molar-refractivity contribution in [2.75, 3.05) is 4.90 Å². The Morgan fingerprint density at radius 3 is 2.50 bits per heavy atom. The van der Waals surface area contributed by atoms with Crippen molar-refractivity contribution in [1.82, 2.24) is 10.3 Å². The molecule has 2 aromatic heterocycles. The lowest BCUT2D eigenvalue weighted by Crippen LogP contribution is -2.29. The van der Waals surface area contributed by atoms with Crippen LogP contribution in [0.15, 0.2) is 87.9 Å². The molecule has 1 N–H and O–H groups in total. The molecule has 0 spiro atoms. The van der Waals surface area contributed by atoms with E-state index in [9.17, 15) is 0 Å². The minimum Gasteiger partial charge on any atom is -0.459 e. The van der Waals surface area contributed by atoms with Crippen molar-refractivity contribution in [3.8, 4) is 11.3 Å². The van der Waals surface area contributed by atoms with Crippen molar-refractivity contribution in [1.29, 1.82) is 0 Å². The van der Waals surface area contributed by atoms with Gasteiger partial charge in [0.15, 0.2) is 5.11 Å². The zero-order valence-corrected chi connectivity index (χ0v) is 20.2. The van der Waals surface area contributed by atoms with Crippen molar-refractivity contribution in [3.63, 3.8) is 0 Å². The second-order valence-electron chi connectivity index (χ2n) is 7.97. The van der Waals surface area contributed by atoms with E-state index >= 15 is 0 Å². The number of aryl methyl sites for hydroxylation is 2. The minimum atomic E-state index is -0.163. The molecule has 32 heavy (non-hydrogen) atoms. The quantitative estimate of drug-likeness (QED) is 0.306. The Kier molecular flexibility index (Phi) is 5.57. The fourth-order valence-corrected chi connectivity index (χ4v) is 4.69. The summed E-state index contributed by atoms with van der Waals surface area (Å²) in [5.74, 6) is 1.66. The average molecular weight is 504 g/mol. The molecule has 0 aliphatic carbocycles. The topological polar surface area (TPSA) is 41.3 Å². The maximum absolute atomic E-state index is 6.41. The fraction of sp³-hybridized carbons (Fsp3) is 0.154. The van der Waals surface area contributed by atoms with Crippen LogP contribution in [0.4, 0.5) is 5.69 Å². The first-order valence-corrected chi connectivity index (χ1v) is 11.6. The van der Waals surface area contributed by atoms with Gasteiger partial charge in [-0.15, -0.1) is 0 Å².